The van der Waals surface area contributed by atoms with Gasteiger partial charge in [0.05, 0.1) is 50.8 Å². The summed E-state index contributed by atoms with van der Waals surface area (Å²) in [7, 11) is 0. The molecule has 2 saturated heterocycles. The molecule has 2 amide bonds. The van der Waals surface area contributed by atoms with Gasteiger partial charge in [-0.25, -0.2) is 13.8 Å². The lowest BCUT2D eigenvalue weighted by Gasteiger charge is -2.38. The van der Waals surface area contributed by atoms with Crippen molar-refractivity contribution in [3.05, 3.63) is 46.1 Å². The molecule has 3 aromatic heterocycles. The first kappa shape index (κ1) is 30.7. The zero-order valence-electron chi connectivity index (χ0n) is 25.0. The monoisotopic (exact) mass is 668 g/mol. The summed E-state index contributed by atoms with van der Waals surface area (Å²) in [6.45, 7) is 1.40. The molecule has 12 nitrogen and oxygen atoms in total. The Labute approximate surface area is 272 Å². The van der Waals surface area contributed by atoms with Crippen molar-refractivity contribution < 1.29 is 18.4 Å². The summed E-state index contributed by atoms with van der Waals surface area (Å²) >= 11 is 2.77. The molecule has 16 heteroatoms. The van der Waals surface area contributed by atoms with E-state index < -0.39 is 12.3 Å². The van der Waals surface area contributed by atoms with E-state index in [2.05, 4.69) is 41.0 Å². The Morgan fingerprint density at radius 1 is 0.870 bits per heavy atom. The molecule has 7 rings (SSSR count). The number of amides is 2. The number of anilines is 3. The van der Waals surface area contributed by atoms with Crippen molar-refractivity contribution in [3.8, 4) is 0 Å². The highest BCUT2D eigenvalue weighted by atomic mass is 32.1. The Bertz CT molecular complexity index is 1630. The van der Waals surface area contributed by atoms with Gasteiger partial charge < -0.3 is 20.4 Å². The van der Waals surface area contributed by atoms with Gasteiger partial charge in [-0.2, -0.15) is 0 Å². The number of likely N-dealkylation sites (tertiary alicyclic amines) is 1. The average Bonchev–Trinajstić information content (AvgIpc) is 3.68. The maximum atomic E-state index is 13.2. The van der Waals surface area contributed by atoms with Crippen LogP contribution in [0.1, 0.15) is 66.1 Å². The van der Waals surface area contributed by atoms with Gasteiger partial charge >= 0.3 is 0 Å². The molecule has 2 N–H and O–H groups in total. The van der Waals surface area contributed by atoms with E-state index in [1.54, 1.807) is 6.07 Å². The predicted octanol–water partition coefficient (Wildman–Crippen LogP) is 4.27. The normalized spacial score (nSPS) is 23.4. The highest BCUT2D eigenvalue weighted by Gasteiger charge is 2.32. The van der Waals surface area contributed by atoms with Crippen LogP contribution in [0.15, 0.2) is 35.3 Å². The lowest BCUT2D eigenvalue weighted by Crippen LogP contribution is -2.52. The zero-order chi connectivity index (χ0) is 31.6. The van der Waals surface area contributed by atoms with E-state index in [-0.39, 0.29) is 42.5 Å². The lowest BCUT2D eigenvalue weighted by atomic mass is 9.82. The summed E-state index contributed by atoms with van der Waals surface area (Å²) in [5, 5.41) is 25.6. The SMILES string of the molecule is O=C(Cc1cccc(N2CC(F)C2)n1)Nc1nnc(C2CCCC(c3nnc(NC(=O)CC4C=CCC(N5CC(F)C5)=N4)s3)C2)s1. The van der Waals surface area contributed by atoms with Gasteiger partial charge in [0, 0.05) is 18.3 Å². The summed E-state index contributed by atoms with van der Waals surface area (Å²) in [4.78, 5) is 38.4. The molecule has 3 aromatic rings. The van der Waals surface area contributed by atoms with Gasteiger partial charge in [-0.15, -0.1) is 20.4 Å². The fraction of sp³-hybridized carbons (Fsp3) is 0.533. The molecule has 0 spiro atoms. The molecule has 46 heavy (non-hydrogen) atoms. The largest absolute Gasteiger partial charge is 0.354 e. The molecule has 3 unspecified atom stereocenters. The predicted molar refractivity (Wildman–Crippen MR) is 172 cm³/mol. The van der Waals surface area contributed by atoms with Crippen molar-refractivity contribution >= 4 is 56.4 Å². The van der Waals surface area contributed by atoms with Gasteiger partial charge in [0.2, 0.25) is 22.1 Å². The van der Waals surface area contributed by atoms with Crippen LogP contribution in [0.3, 0.4) is 0 Å². The number of halogens is 2. The molecule has 242 valence electrons. The topological polar surface area (TPSA) is 141 Å². The number of aliphatic imine (C=N–C) groups is 1. The van der Waals surface area contributed by atoms with Gasteiger partial charge in [0.15, 0.2) is 0 Å². The van der Waals surface area contributed by atoms with E-state index in [4.69, 9.17) is 0 Å². The summed E-state index contributed by atoms with van der Waals surface area (Å²) in [6, 6.07) is 5.15. The van der Waals surface area contributed by atoms with Crippen molar-refractivity contribution in [3.63, 3.8) is 0 Å². The first-order chi connectivity index (χ1) is 22.3. The average molecular weight is 669 g/mol. The summed E-state index contributed by atoms with van der Waals surface area (Å²) in [6.07, 6.45) is 6.98. The van der Waals surface area contributed by atoms with Crippen molar-refractivity contribution in [1.82, 2.24) is 30.3 Å². The number of carbonyl (C=O) groups excluding carboxylic acids is 2. The minimum atomic E-state index is -0.826. The Hall–Kier alpha value is -3.92. The van der Waals surface area contributed by atoms with E-state index in [1.807, 2.05) is 34.1 Å². The molecule has 3 atom stereocenters. The summed E-state index contributed by atoms with van der Waals surface area (Å²) in [5.74, 6) is 1.46. The van der Waals surface area contributed by atoms with Crippen LogP contribution in [-0.2, 0) is 16.0 Å². The van der Waals surface area contributed by atoms with Crippen molar-refractivity contribution in [2.45, 2.75) is 75.2 Å². The van der Waals surface area contributed by atoms with Crippen LogP contribution < -0.4 is 15.5 Å². The second kappa shape index (κ2) is 13.4. The number of hydrogen-bond donors (Lipinski definition) is 2. The first-order valence-corrected chi connectivity index (χ1v) is 17.2. The van der Waals surface area contributed by atoms with Crippen molar-refractivity contribution in [2.75, 3.05) is 41.7 Å². The fourth-order valence-electron chi connectivity index (χ4n) is 6.16. The molecule has 3 fully saturated rings. The van der Waals surface area contributed by atoms with Crippen LogP contribution >= 0.6 is 22.7 Å². The Morgan fingerprint density at radius 3 is 2.20 bits per heavy atom. The molecule has 6 heterocycles. The van der Waals surface area contributed by atoms with Gasteiger partial charge in [0.25, 0.3) is 0 Å². The molecule has 0 radical (unpaired) electrons. The van der Waals surface area contributed by atoms with Crippen LogP contribution in [0.2, 0.25) is 0 Å². The number of nitrogens with zero attached hydrogens (tertiary/aromatic N) is 8. The molecule has 1 aliphatic carbocycles. The molecule has 4 aliphatic rings. The van der Waals surface area contributed by atoms with E-state index >= 15 is 0 Å². The summed E-state index contributed by atoms with van der Waals surface area (Å²) < 4.78 is 26.5. The molecular weight excluding hydrogens is 635 g/mol. The Balaban J connectivity index is 0.896. The zero-order valence-corrected chi connectivity index (χ0v) is 26.7. The number of hydrogen-bond acceptors (Lipinski definition) is 12. The Kier molecular flexibility index (Phi) is 8.97. The van der Waals surface area contributed by atoms with E-state index in [0.29, 0.717) is 54.4 Å². The second-order valence-electron chi connectivity index (χ2n) is 12.2. The first-order valence-electron chi connectivity index (χ1n) is 15.6. The number of pyridine rings is 1. The Morgan fingerprint density at radius 2 is 1.52 bits per heavy atom. The second-order valence-corrected chi connectivity index (χ2v) is 14.2. The summed E-state index contributed by atoms with van der Waals surface area (Å²) in [5.41, 5.74) is 0.609. The van der Waals surface area contributed by atoms with E-state index in [1.165, 1.54) is 22.7 Å². The van der Waals surface area contributed by atoms with E-state index in [9.17, 15) is 18.4 Å². The fourth-order valence-corrected chi connectivity index (χ4v) is 7.97. The minimum Gasteiger partial charge on any atom is -0.354 e. The van der Waals surface area contributed by atoms with Gasteiger partial charge in [0.1, 0.15) is 34.0 Å². The van der Waals surface area contributed by atoms with Gasteiger partial charge in [-0.1, -0.05) is 47.3 Å². The third-order valence-electron chi connectivity index (χ3n) is 8.61. The van der Waals surface area contributed by atoms with E-state index in [0.717, 1.165) is 41.5 Å². The number of aromatic nitrogens is 5. The van der Waals surface area contributed by atoms with Gasteiger partial charge in [-0.3, -0.25) is 14.6 Å². The van der Waals surface area contributed by atoms with Gasteiger partial charge in [-0.05, 0) is 31.4 Å². The third-order valence-corrected chi connectivity index (χ3v) is 10.6. The number of amidine groups is 1. The highest BCUT2D eigenvalue weighted by molar-refractivity contribution is 7.15. The minimum absolute atomic E-state index is 0.0854. The van der Waals surface area contributed by atoms with Crippen LogP contribution in [0.4, 0.5) is 24.9 Å². The number of dihydropyridines is 1. The number of carbonyl (C=O) groups is 2. The van der Waals surface area contributed by atoms with Crippen LogP contribution in [0.5, 0.6) is 0 Å². The maximum Gasteiger partial charge on any atom is 0.232 e. The number of alkyl halides is 2. The quantitative estimate of drug-likeness (QED) is 0.320. The molecule has 0 bridgehead atoms. The molecule has 1 saturated carbocycles. The van der Waals surface area contributed by atoms with Crippen LogP contribution in [-0.4, -0.2) is 92.5 Å². The molecule has 0 aromatic carbocycles. The highest BCUT2D eigenvalue weighted by Crippen LogP contribution is 2.43. The number of nitrogens with one attached hydrogen (secondary N) is 2. The van der Waals surface area contributed by atoms with Crippen LogP contribution in [0.25, 0.3) is 0 Å². The van der Waals surface area contributed by atoms with Crippen LogP contribution in [0, 0.1) is 0 Å². The number of rotatable bonds is 9. The molecule has 3 aliphatic heterocycles. The standard InChI is InChI=1S/C30H34F2N10O2S2/c31-19-13-41(14-19)23-8-2-6-21(33-23)11-25(43)35-29-39-37-27(45-29)17-4-1-5-18(10-17)28-38-40-30(46-28)36-26(44)12-22-7-3-9-24(34-22)42-15-20(32)16-42/h2-3,6-8,17-20,22H,1,4-5,9-16H2,(H,35,39,43)(H,36,40,44). The smallest absolute Gasteiger partial charge is 0.232 e. The third kappa shape index (κ3) is 7.22. The lowest BCUT2D eigenvalue weighted by molar-refractivity contribution is -0.116. The maximum absolute atomic E-state index is 13.2. The van der Waals surface area contributed by atoms with Crippen molar-refractivity contribution in [2.24, 2.45) is 4.99 Å². The van der Waals surface area contributed by atoms with Crippen molar-refractivity contribution in [1.29, 1.82) is 0 Å². The molecular formula is C30H34F2N10O2S2.